The molecule has 398 valence electrons. The largest absolute Gasteiger partial charge is 0.478 e. The zero-order valence-electron chi connectivity index (χ0n) is 40.5. The number of allylic oxidation sites excluding steroid dienone is 3. The number of carboxylic acid groups (broad SMARTS) is 1. The molecule has 0 bridgehead atoms. The predicted molar refractivity (Wildman–Crippen MR) is 245 cm³/mol. The van der Waals surface area contributed by atoms with Gasteiger partial charge < -0.3 is 94.1 Å². The summed E-state index contributed by atoms with van der Waals surface area (Å²) in [4.78, 5) is 37.3. The van der Waals surface area contributed by atoms with Crippen molar-refractivity contribution in [2.75, 3.05) is 19.8 Å². The standard InChI is InChI=1S/C48H74O22/c1-10-46(7,19-13-16-25(4)40(59)60)70-45-38(58)35(55)39(29(23-50)65-45)67-42(62)27(6)18-15-21-48(9,12-3)69-44-37(57)34(54)32(52)30(66-44)24-63-41(61)26(5)17-14-20-47(8,11-2)68-43-36(56)33(53)31(51)28(22-49)64-43/h10-12,16-18,28-39,43-45,49-58H,1-3,13-15,19-24H2,4-9H3,(H,59,60)/b25-16+,26-17+,27-18+/t28-,29-,30-,31-,32-,33+,34+,35-,36-,37-,38-,39-,43+,44+,45+,46?,47?,48?/m1/s1. The summed E-state index contributed by atoms with van der Waals surface area (Å²) in [5.41, 5.74) is -3.30. The molecule has 0 saturated carbocycles. The van der Waals surface area contributed by atoms with Crippen molar-refractivity contribution in [1.82, 2.24) is 0 Å². The van der Waals surface area contributed by atoms with E-state index in [1.54, 1.807) is 20.8 Å². The van der Waals surface area contributed by atoms with Gasteiger partial charge in [0.1, 0.15) is 73.8 Å². The highest BCUT2D eigenvalue weighted by molar-refractivity contribution is 5.88. The molecule has 0 aromatic rings. The summed E-state index contributed by atoms with van der Waals surface area (Å²) in [5, 5.41) is 114. The monoisotopic (exact) mass is 1000 g/mol. The minimum atomic E-state index is -1.80. The Morgan fingerprint density at radius 3 is 1.27 bits per heavy atom. The highest BCUT2D eigenvalue weighted by atomic mass is 16.7. The van der Waals surface area contributed by atoms with E-state index < -0.39 is 147 Å². The Bertz CT molecular complexity index is 1870. The maximum absolute atomic E-state index is 13.2. The number of carbonyl (C=O) groups is 3. The van der Waals surface area contributed by atoms with E-state index in [4.69, 9.17) is 43.0 Å². The number of carbonyl (C=O) groups excluding carboxylic acids is 2. The molecule has 0 radical (unpaired) electrons. The third-order valence-corrected chi connectivity index (χ3v) is 12.7. The fourth-order valence-electron chi connectivity index (χ4n) is 7.50. The average molecular weight is 1000 g/mol. The molecule has 3 rings (SSSR count). The van der Waals surface area contributed by atoms with E-state index in [-0.39, 0.29) is 55.2 Å². The minimum Gasteiger partial charge on any atom is -0.478 e. The van der Waals surface area contributed by atoms with Gasteiger partial charge in [0.15, 0.2) is 25.0 Å². The molecule has 3 fully saturated rings. The number of aliphatic hydroxyl groups is 10. The molecule has 3 unspecified atom stereocenters. The maximum atomic E-state index is 13.2. The maximum Gasteiger partial charge on any atom is 0.333 e. The molecule has 3 saturated heterocycles. The Morgan fingerprint density at radius 1 is 0.514 bits per heavy atom. The number of hydrogen-bond donors (Lipinski definition) is 11. The third-order valence-electron chi connectivity index (χ3n) is 12.7. The number of rotatable bonds is 26. The van der Waals surface area contributed by atoms with Gasteiger partial charge in [-0.2, -0.15) is 0 Å². The van der Waals surface area contributed by atoms with Crippen molar-refractivity contribution in [2.45, 2.75) is 189 Å². The van der Waals surface area contributed by atoms with Gasteiger partial charge in [-0.15, -0.1) is 19.7 Å². The second-order valence-corrected chi connectivity index (χ2v) is 18.4. The SMILES string of the molecule is C=CC(C)(CC/C=C(\C)C(=O)OC[C@H]1O[C@@H](OC(C)(C=C)CC/C=C(\C)C(=O)O[C@H]2[C@H](O)[C@@H](O)[C@H](OC(C)(C=C)CC/C=C(\C)C(=O)O)O[C@@H]2CO)[C@H](O)[C@@H](O)[C@@H]1O)O[C@@H]1O[C@H](CO)[C@@H](O)[C@H](O)[C@H]1O. The second kappa shape index (κ2) is 26.8. The highest BCUT2D eigenvalue weighted by Crippen LogP contribution is 2.33. The first-order valence-corrected chi connectivity index (χ1v) is 22.9. The van der Waals surface area contributed by atoms with Crippen LogP contribution in [0.1, 0.15) is 80.1 Å². The molecule has 3 aliphatic heterocycles. The lowest BCUT2D eigenvalue weighted by molar-refractivity contribution is -0.320. The van der Waals surface area contributed by atoms with Crippen molar-refractivity contribution >= 4 is 17.9 Å². The number of aliphatic carboxylic acids is 1. The van der Waals surface area contributed by atoms with Crippen LogP contribution < -0.4 is 0 Å². The van der Waals surface area contributed by atoms with Crippen LogP contribution in [0.4, 0.5) is 0 Å². The molecule has 0 amide bonds. The van der Waals surface area contributed by atoms with Gasteiger partial charge in [-0.05, 0) is 80.1 Å². The molecule has 18 atom stereocenters. The molecule has 0 spiro atoms. The van der Waals surface area contributed by atoms with Gasteiger partial charge in [0, 0.05) is 16.7 Å². The first-order valence-electron chi connectivity index (χ1n) is 22.9. The van der Waals surface area contributed by atoms with Crippen molar-refractivity contribution in [2.24, 2.45) is 0 Å². The summed E-state index contributed by atoms with van der Waals surface area (Å²) in [6.45, 7) is 18.5. The van der Waals surface area contributed by atoms with Crippen LogP contribution in [0.5, 0.6) is 0 Å². The lowest BCUT2D eigenvalue weighted by Gasteiger charge is -2.44. The van der Waals surface area contributed by atoms with Crippen molar-refractivity contribution in [1.29, 1.82) is 0 Å². The molecule has 22 heteroatoms. The fraction of sp³-hybridized carbons (Fsp3) is 0.688. The minimum absolute atomic E-state index is 0.0574. The van der Waals surface area contributed by atoms with Gasteiger partial charge in [-0.3, -0.25) is 0 Å². The van der Waals surface area contributed by atoms with Gasteiger partial charge in [0.25, 0.3) is 0 Å². The molecular weight excluding hydrogens is 929 g/mol. The van der Waals surface area contributed by atoms with E-state index in [2.05, 4.69) is 19.7 Å². The van der Waals surface area contributed by atoms with E-state index in [9.17, 15) is 65.4 Å². The normalized spacial score (nSPS) is 34.8. The van der Waals surface area contributed by atoms with Crippen LogP contribution in [-0.4, -0.2) is 203 Å². The van der Waals surface area contributed by atoms with Gasteiger partial charge in [-0.25, -0.2) is 14.4 Å². The average Bonchev–Trinajstić information content (AvgIpc) is 3.33. The number of esters is 2. The summed E-state index contributed by atoms with van der Waals surface area (Å²) < 4.78 is 45.7. The summed E-state index contributed by atoms with van der Waals surface area (Å²) in [5.74, 6) is -2.81. The Hall–Kier alpha value is -3.79. The lowest BCUT2D eigenvalue weighted by atomic mass is 9.96. The Kier molecular flexibility index (Phi) is 23.1. The molecule has 3 heterocycles. The summed E-state index contributed by atoms with van der Waals surface area (Å²) in [6, 6.07) is 0. The lowest BCUT2D eigenvalue weighted by Crippen LogP contribution is -2.61. The van der Waals surface area contributed by atoms with Crippen LogP contribution in [0.2, 0.25) is 0 Å². The van der Waals surface area contributed by atoms with Crippen LogP contribution in [0, 0.1) is 0 Å². The molecule has 70 heavy (non-hydrogen) atoms. The first-order chi connectivity index (χ1) is 32.7. The summed E-state index contributed by atoms with van der Waals surface area (Å²) in [7, 11) is 0. The fourth-order valence-corrected chi connectivity index (χ4v) is 7.50. The predicted octanol–water partition coefficient (Wildman–Crippen LogP) is -0.364. The molecule has 0 aromatic carbocycles. The van der Waals surface area contributed by atoms with E-state index in [1.807, 2.05) is 0 Å². The smallest absolute Gasteiger partial charge is 0.333 e. The summed E-state index contributed by atoms with van der Waals surface area (Å²) >= 11 is 0. The quantitative estimate of drug-likeness (QED) is 0.0299. The third kappa shape index (κ3) is 16.1. The highest BCUT2D eigenvalue weighted by Gasteiger charge is 2.50. The molecule has 3 aliphatic rings. The second-order valence-electron chi connectivity index (χ2n) is 18.4. The molecule has 0 aliphatic carbocycles. The number of carboxylic acids is 1. The van der Waals surface area contributed by atoms with Gasteiger partial charge in [0.2, 0.25) is 0 Å². The van der Waals surface area contributed by atoms with Crippen molar-refractivity contribution < 1.29 is 108 Å². The number of ether oxygens (including phenoxy) is 8. The molecule has 22 nitrogen and oxygen atoms in total. The molecule has 0 aromatic heterocycles. The van der Waals surface area contributed by atoms with Crippen molar-refractivity contribution in [3.8, 4) is 0 Å². The zero-order valence-corrected chi connectivity index (χ0v) is 40.5. The van der Waals surface area contributed by atoms with Crippen molar-refractivity contribution in [3.05, 3.63) is 72.9 Å². The van der Waals surface area contributed by atoms with Crippen LogP contribution in [0.25, 0.3) is 0 Å². The number of aliphatic hydroxyl groups excluding tert-OH is 10. The molecular formula is C48H74O22. The Balaban J connectivity index is 1.56. The Labute approximate surface area is 407 Å². The van der Waals surface area contributed by atoms with Gasteiger partial charge in [0.05, 0.1) is 30.0 Å². The topological polar surface area (TPSA) is 348 Å². The van der Waals surface area contributed by atoms with E-state index in [0.717, 1.165) is 0 Å². The van der Waals surface area contributed by atoms with E-state index >= 15 is 0 Å². The van der Waals surface area contributed by atoms with Crippen LogP contribution in [0.15, 0.2) is 72.9 Å². The first kappa shape index (κ1) is 60.5. The summed E-state index contributed by atoms with van der Waals surface area (Å²) in [6.07, 6.45) is -13.6. The van der Waals surface area contributed by atoms with Crippen LogP contribution in [0.3, 0.4) is 0 Å². The van der Waals surface area contributed by atoms with Crippen LogP contribution in [-0.2, 0) is 52.3 Å². The van der Waals surface area contributed by atoms with Gasteiger partial charge in [-0.1, -0.05) is 36.5 Å². The number of hydrogen-bond acceptors (Lipinski definition) is 21. The van der Waals surface area contributed by atoms with Crippen LogP contribution >= 0.6 is 0 Å². The van der Waals surface area contributed by atoms with Gasteiger partial charge >= 0.3 is 17.9 Å². The zero-order chi connectivity index (χ0) is 52.9. The Morgan fingerprint density at radius 2 is 0.871 bits per heavy atom. The van der Waals surface area contributed by atoms with E-state index in [0.29, 0.717) is 0 Å². The van der Waals surface area contributed by atoms with Crippen molar-refractivity contribution in [3.63, 3.8) is 0 Å². The van der Waals surface area contributed by atoms with E-state index in [1.165, 1.54) is 57.2 Å². The molecule has 11 N–H and O–H groups in total.